The topological polar surface area (TPSA) is 64.2 Å². The summed E-state index contributed by atoms with van der Waals surface area (Å²) in [6, 6.07) is 1.72. The average Bonchev–Trinajstić information content (AvgIpc) is 2.62. The number of carbonyl (C=O) groups excluding carboxylic acids is 1. The van der Waals surface area contributed by atoms with E-state index in [1.54, 1.807) is 35.9 Å². The normalized spacial score (nSPS) is 10.9. The summed E-state index contributed by atoms with van der Waals surface area (Å²) in [6.07, 6.45) is 1.62. The van der Waals surface area contributed by atoms with Gasteiger partial charge in [-0.15, -0.1) is 12.4 Å². The molecule has 98 valence electrons. The number of nitrogens with two attached hydrogens (primary N) is 1. The van der Waals surface area contributed by atoms with Gasteiger partial charge in [0.2, 0.25) is 0 Å². The summed E-state index contributed by atoms with van der Waals surface area (Å²) in [6.45, 7) is 5.27. The predicted octanol–water partition coefficient (Wildman–Crippen LogP) is 0.899. The van der Waals surface area contributed by atoms with Gasteiger partial charge in [-0.2, -0.15) is 5.10 Å². The SMILES string of the molecule is CN(CC(C)(C)CN)C(=O)c1ccnn1C.Cl. The molecule has 0 unspecified atom stereocenters. The molecule has 0 aliphatic carbocycles. The third-order valence-electron chi connectivity index (χ3n) is 2.60. The van der Waals surface area contributed by atoms with Gasteiger partial charge in [0.05, 0.1) is 0 Å². The van der Waals surface area contributed by atoms with Gasteiger partial charge in [-0.3, -0.25) is 9.48 Å². The van der Waals surface area contributed by atoms with E-state index in [4.69, 9.17) is 5.73 Å². The van der Waals surface area contributed by atoms with Crippen molar-refractivity contribution in [3.8, 4) is 0 Å². The van der Waals surface area contributed by atoms with Gasteiger partial charge in [0, 0.05) is 26.8 Å². The van der Waals surface area contributed by atoms with E-state index < -0.39 is 0 Å². The fourth-order valence-corrected chi connectivity index (χ4v) is 1.56. The minimum atomic E-state index is -0.0665. The highest BCUT2D eigenvalue weighted by atomic mass is 35.5. The van der Waals surface area contributed by atoms with Crippen molar-refractivity contribution in [2.75, 3.05) is 20.1 Å². The van der Waals surface area contributed by atoms with Crippen LogP contribution in [0.2, 0.25) is 0 Å². The van der Waals surface area contributed by atoms with Gasteiger partial charge < -0.3 is 10.6 Å². The van der Waals surface area contributed by atoms with Crippen molar-refractivity contribution in [2.24, 2.45) is 18.2 Å². The number of aromatic nitrogens is 2. The molecular weight excluding hydrogens is 240 g/mol. The number of halogens is 1. The molecule has 1 aromatic heterocycles. The zero-order valence-corrected chi connectivity index (χ0v) is 11.6. The molecule has 1 aromatic rings. The van der Waals surface area contributed by atoms with E-state index in [0.717, 1.165) is 0 Å². The molecule has 2 N–H and O–H groups in total. The van der Waals surface area contributed by atoms with Crippen molar-refractivity contribution in [3.05, 3.63) is 18.0 Å². The van der Waals surface area contributed by atoms with Crippen LogP contribution in [0.5, 0.6) is 0 Å². The van der Waals surface area contributed by atoms with Crippen LogP contribution in [0.1, 0.15) is 24.3 Å². The Hall–Kier alpha value is -1.07. The van der Waals surface area contributed by atoms with Crippen LogP contribution in [0.3, 0.4) is 0 Å². The van der Waals surface area contributed by atoms with Crippen LogP contribution < -0.4 is 5.73 Å². The van der Waals surface area contributed by atoms with Crippen LogP contribution in [0, 0.1) is 5.41 Å². The monoisotopic (exact) mass is 260 g/mol. The van der Waals surface area contributed by atoms with Gasteiger partial charge in [0.25, 0.3) is 5.91 Å². The summed E-state index contributed by atoms with van der Waals surface area (Å²) < 4.78 is 1.58. The van der Waals surface area contributed by atoms with Gasteiger partial charge in [0.1, 0.15) is 5.69 Å². The van der Waals surface area contributed by atoms with Crippen LogP contribution in [-0.4, -0.2) is 40.7 Å². The van der Waals surface area contributed by atoms with E-state index in [2.05, 4.69) is 5.10 Å². The van der Waals surface area contributed by atoms with Crippen molar-refractivity contribution in [1.82, 2.24) is 14.7 Å². The lowest BCUT2D eigenvalue weighted by molar-refractivity contribution is 0.0729. The Morgan fingerprint density at radius 1 is 1.59 bits per heavy atom. The molecule has 0 bridgehead atoms. The minimum Gasteiger partial charge on any atom is -0.340 e. The largest absolute Gasteiger partial charge is 0.340 e. The predicted molar refractivity (Wildman–Crippen MR) is 70.3 cm³/mol. The first-order valence-electron chi connectivity index (χ1n) is 5.31. The van der Waals surface area contributed by atoms with Gasteiger partial charge in [-0.1, -0.05) is 13.8 Å². The second kappa shape index (κ2) is 6.02. The van der Waals surface area contributed by atoms with Crippen molar-refractivity contribution in [3.63, 3.8) is 0 Å². The van der Waals surface area contributed by atoms with Gasteiger partial charge in [-0.25, -0.2) is 0 Å². The Morgan fingerprint density at radius 3 is 2.59 bits per heavy atom. The standard InChI is InChI=1S/C11H20N4O.ClH/c1-11(2,7-12)8-14(3)10(16)9-5-6-13-15(9)4;/h5-6H,7-8,12H2,1-4H3;1H. The number of hydrogen-bond acceptors (Lipinski definition) is 3. The van der Waals surface area contributed by atoms with E-state index in [1.165, 1.54) is 0 Å². The maximum atomic E-state index is 12.0. The molecule has 17 heavy (non-hydrogen) atoms. The van der Waals surface area contributed by atoms with E-state index in [0.29, 0.717) is 18.8 Å². The maximum Gasteiger partial charge on any atom is 0.271 e. The zero-order chi connectivity index (χ0) is 12.3. The van der Waals surface area contributed by atoms with Crippen LogP contribution >= 0.6 is 12.4 Å². The maximum absolute atomic E-state index is 12.0. The Kier molecular flexibility index (Phi) is 5.64. The zero-order valence-electron chi connectivity index (χ0n) is 10.8. The van der Waals surface area contributed by atoms with Crippen molar-refractivity contribution >= 4 is 18.3 Å². The second-order valence-corrected chi connectivity index (χ2v) is 4.87. The summed E-state index contributed by atoms with van der Waals surface area (Å²) in [7, 11) is 3.54. The number of carbonyl (C=O) groups is 1. The van der Waals surface area contributed by atoms with Crippen LogP contribution in [0.15, 0.2) is 12.3 Å². The number of hydrogen-bond donors (Lipinski definition) is 1. The fraction of sp³-hybridized carbons (Fsp3) is 0.636. The summed E-state index contributed by atoms with van der Waals surface area (Å²) in [5.74, 6) is -0.0264. The van der Waals surface area contributed by atoms with Crippen LogP contribution in [0.25, 0.3) is 0 Å². The third kappa shape index (κ3) is 4.02. The average molecular weight is 261 g/mol. The van der Waals surface area contributed by atoms with E-state index in [9.17, 15) is 4.79 Å². The summed E-state index contributed by atoms with van der Waals surface area (Å²) in [5, 5.41) is 3.98. The Morgan fingerprint density at radius 2 is 2.18 bits per heavy atom. The molecule has 0 saturated heterocycles. The first kappa shape index (κ1) is 15.9. The molecule has 6 heteroatoms. The first-order chi connectivity index (χ1) is 7.37. The molecule has 0 aliphatic rings. The number of amides is 1. The molecule has 0 radical (unpaired) electrons. The van der Waals surface area contributed by atoms with E-state index in [-0.39, 0.29) is 23.7 Å². The molecule has 0 aliphatic heterocycles. The van der Waals surface area contributed by atoms with Gasteiger partial charge in [0.15, 0.2) is 0 Å². The number of aryl methyl sites for hydroxylation is 1. The summed E-state index contributed by atoms with van der Waals surface area (Å²) >= 11 is 0. The smallest absolute Gasteiger partial charge is 0.271 e. The van der Waals surface area contributed by atoms with Crippen LogP contribution in [0.4, 0.5) is 0 Å². The van der Waals surface area contributed by atoms with Gasteiger partial charge >= 0.3 is 0 Å². The molecule has 0 atom stereocenters. The highest BCUT2D eigenvalue weighted by Gasteiger charge is 2.23. The molecule has 5 nitrogen and oxygen atoms in total. The Balaban J connectivity index is 0.00000256. The number of rotatable bonds is 4. The first-order valence-corrected chi connectivity index (χ1v) is 5.31. The summed E-state index contributed by atoms with van der Waals surface area (Å²) in [5.41, 5.74) is 6.17. The van der Waals surface area contributed by atoms with Crippen molar-refractivity contribution in [1.29, 1.82) is 0 Å². The third-order valence-corrected chi connectivity index (χ3v) is 2.60. The number of nitrogens with zero attached hydrogens (tertiary/aromatic N) is 3. The highest BCUT2D eigenvalue weighted by molar-refractivity contribution is 5.92. The lowest BCUT2D eigenvalue weighted by Gasteiger charge is -2.28. The quantitative estimate of drug-likeness (QED) is 0.875. The molecule has 0 fully saturated rings. The van der Waals surface area contributed by atoms with E-state index in [1.807, 2.05) is 13.8 Å². The Labute approximate surface area is 108 Å². The lowest BCUT2D eigenvalue weighted by atomic mass is 9.93. The highest BCUT2D eigenvalue weighted by Crippen LogP contribution is 2.15. The second-order valence-electron chi connectivity index (χ2n) is 4.87. The molecule has 1 rings (SSSR count). The molecular formula is C11H21ClN4O. The molecule has 0 saturated carbocycles. The molecule has 0 aromatic carbocycles. The molecule has 0 spiro atoms. The molecule has 1 heterocycles. The van der Waals surface area contributed by atoms with Crippen LogP contribution in [-0.2, 0) is 7.05 Å². The molecule has 1 amide bonds. The lowest BCUT2D eigenvalue weighted by Crippen LogP contribution is -2.40. The van der Waals surface area contributed by atoms with Gasteiger partial charge in [-0.05, 0) is 18.0 Å². The fourth-order valence-electron chi connectivity index (χ4n) is 1.56. The van der Waals surface area contributed by atoms with Crippen molar-refractivity contribution < 1.29 is 4.79 Å². The van der Waals surface area contributed by atoms with E-state index >= 15 is 0 Å². The Bertz CT molecular complexity index is 375. The minimum absolute atomic E-state index is 0. The summed E-state index contributed by atoms with van der Waals surface area (Å²) in [4.78, 5) is 13.7. The van der Waals surface area contributed by atoms with Crippen molar-refractivity contribution in [2.45, 2.75) is 13.8 Å².